The van der Waals surface area contributed by atoms with Crippen LogP contribution in [0.5, 0.6) is 5.88 Å². The van der Waals surface area contributed by atoms with E-state index in [-0.39, 0.29) is 36.1 Å². The molecule has 0 saturated heterocycles. The number of aliphatic imine (C=N–C) groups is 1. The first-order chi connectivity index (χ1) is 11.8. The van der Waals surface area contributed by atoms with Crippen molar-refractivity contribution in [2.24, 2.45) is 10.4 Å². The van der Waals surface area contributed by atoms with Crippen LogP contribution in [-0.2, 0) is 0 Å². The van der Waals surface area contributed by atoms with E-state index >= 15 is 0 Å². The molecule has 0 atom stereocenters. The minimum absolute atomic E-state index is 0. The van der Waals surface area contributed by atoms with Crippen molar-refractivity contribution in [2.45, 2.75) is 13.8 Å². The van der Waals surface area contributed by atoms with Crippen molar-refractivity contribution in [1.29, 1.82) is 0 Å². The van der Waals surface area contributed by atoms with Gasteiger partial charge < -0.3 is 20.3 Å². The molecular weight excluding hydrogens is 387 g/mol. The van der Waals surface area contributed by atoms with Crippen LogP contribution in [0.15, 0.2) is 23.3 Å². The third-order valence-corrected chi connectivity index (χ3v) is 3.91. The SMILES string of the molecule is CN(C)CC(C)(C)CNc1nc(O)c(C=C2C=Nc3ncccc32)[nH]1.Cl.Cl. The van der Waals surface area contributed by atoms with Gasteiger partial charge in [0, 0.05) is 36.6 Å². The van der Waals surface area contributed by atoms with Gasteiger partial charge in [-0.1, -0.05) is 13.8 Å². The molecule has 2 aromatic rings. The van der Waals surface area contributed by atoms with Gasteiger partial charge in [0.25, 0.3) is 0 Å². The summed E-state index contributed by atoms with van der Waals surface area (Å²) >= 11 is 0. The van der Waals surface area contributed by atoms with Crippen LogP contribution in [0.25, 0.3) is 11.6 Å². The largest absolute Gasteiger partial charge is 0.492 e. The highest BCUT2D eigenvalue weighted by Crippen LogP contribution is 2.31. The lowest BCUT2D eigenvalue weighted by Crippen LogP contribution is -2.34. The zero-order valence-electron chi connectivity index (χ0n) is 15.9. The number of aromatic hydroxyl groups is 1. The van der Waals surface area contributed by atoms with Crippen LogP contribution < -0.4 is 5.32 Å². The van der Waals surface area contributed by atoms with Crippen molar-refractivity contribution >= 4 is 54.4 Å². The standard InChI is InChI=1S/C18H24N6O.2ClH/c1-18(2,11-24(3)4)10-21-17-22-14(16(25)23-17)8-12-9-20-15-13(12)6-5-7-19-15;;/h5-9,25H,10-11H2,1-4H3,(H2,21,22,23);2*1H. The number of pyridine rings is 1. The molecule has 0 amide bonds. The van der Waals surface area contributed by atoms with Crippen LogP contribution in [0, 0.1) is 5.41 Å². The fourth-order valence-corrected chi connectivity index (χ4v) is 2.99. The number of nitrogens with one attached hydrogen (secondary N) is 2. The highest BCUT2D eigenvalue weighted by Gasteiger charge is 2.20. The highest BCUT2D eigenvalue weighted by atomic mass is 35.5. The van der Waals surface area contributed by atoms with Gasteiger partial charge in [-0.05, 0) is 37.7 Å². The first-order valence-electron chi connectivity index (χ1n) is 8.23. The predicted molar refractivity (Wildman–Crippen MR) is 116 cm³/mol. The van der Waals surface area contributed by atoms with Crippen molar-refractivity contribution in [3.63, 3.8) is 0 Å². The molecule has 9 heteroatoms. The molecular formula is C18H26Cl2N6O. The molecule has 3 rings (SSSR count). The van der Waals surface area contributed by atoms with Crippen molar-refractivity contribution in [1.82, 2.24) is 19.9 Å². The number of hydrogen-bond donors (Lipinski definition) is 3. The number of fused-ring (bicyclic) bond motifs is 1. The average molecular weight is 413 g/mol. The number of aromatic nitrogens is 3. The van der Waals surface area contributed by atoms with Crippen LogP contribution in [0.1, 0.15) is 25.1 Å². The minimum Gasteiger partial charge on any atom is -0.492 e. The van der Waals surface area contributed by atoms with Gasteiger partial charge in [0.05, 0.1) is 0 Å². The second-order valence-electron chi connectivity index (χ2n) is 7.31. The molecule has 0 aromatic carbocycles. The van der Waals surface area contributed by atoms with E-state index in [2.05, 4.69) is 58.1 Å². The zero-order valence-corrected chi connectivity index (χ0v) is 17.5. The van der Waals surface area contributed by atoms with Gasteiger partial charge in [0.1, 0.15) is 5.69 Å². The van der Waals surface area contributed by atoms with E-state index in [0.29, 0.717) is 17.5 Å². The number of allylic oxidation sites excluding steroid dienone is 1. The summed E-state index contributed by atoms with van der Waals surface area (Å²) in [4.78, 5) is 17.9. The van der Waals surface area contributed by atoms with Gasteiger partial charge >= 0.3 is 0 Å². The molecule has 0 unspecified atom stereocenters. The van der Waals surface area contributed by atoms with Crippen LogP contribution in [0.3, 0.4) is 0 Å². The number of hydrogen-bond acceptors (Lipinski definition) is 6. The molecule has 3 N–H and O–H groups in total. The highest BCUT2D eigenvalue weighted by molar-refractivity contribution is 6.20. The predicted octanol–water partition coefficient (Wildman–Crippen LogP) is 3.61. The Morgan fingerprint density at radius 2 is 2.04 bits per heavy atom. The first kappa shape index (κ1) is 23.0. The number of nitrogens with zero attached hydrogens (tertiary/aromatic N) is 4. The quantitative estimate of drug-likeness (QED) is 0.673. The van der Waals surface area contributed by atoms with E-state index in [1.807, 2.05) is 18.2 Å². The Bertz CT molecular complexity index is 829. The molecule has 2 aromatic heterocycles. The van der Waals surface area contributed by atoms with Gasteiger partial charge in [-0.2, -0.15) is 4.98 Å². The molecule has 7 nitrogen and oxygen atoms in total. The van der Waals surface area contributed by atoms with Crippen molar-refractivity contribution in [2.75, 3.05) is 32.5 Å². The maximum atomic E-state index is 10.1. The summed E-state index contributed by atoms with van der Waals surface area (Å²) in [5, 5.41) is 13.4. The summed E-state index contributed by atoms with van der Waals surface area (Å²) < 4.78 is 0. The smallest absolute Gasteiger partial charge is 0.238 e. The number of rotatable bonds is 6. The Labute approximate surface area is 171 Å². The van der Waals surface area contributed by atoms with E-state index in [4.69, 9.17) is 0 Å². The molecule has 1 aliphatic heterocycles. The molecule has 0 saturated carbocycles. The van der Waals surface area contributed by atoms with Crippen molar-refractivity contribution < 1.29 is 5.11 Å². The third kappa shape index (κ3) is 5.69. The molecule has 0 fully saturated rings. The molecule has 0 radical (unpaired) electrons. The Morgan fingerprint density at radius 1 is 1.30 bits per heavy atom. The average Bonchev–Trinajstić information content (AvgIpc) is 3.09. The van der Waals surface area contributed by atoms with Crippen molar-refractivity contribution in [3.8, 4) is 5.88 Å². The topological polar surface area (TPSA) is 89.4 Å². The molecule has 0 spiro atoms. The number of aromatic amines is 1. The number of H-pyrrole nitrogens is 1. The molecule has 0 aliphatic carbocycles. The Morgan fingerprint density at radius 3 is 2.74 bits per heavy atom. The van der Waals surface area contributed by atoms with Gasteiger partial charge in [0.2, 0.25) is 11.8 Å². The maximum absolute atomic E-state index is 10.1. The van der Waals surface area contributed by atoms with E-state index < -0.39 is 0 Å². The van der Waals surface area contributed by atoms with E-state index in [9.17, 15) is 5.11 Å². The lowest BCUT2D eigenvalue weighted by Gasteiger charge is -2.28. The van der Waals surface area contributed by atoms with E-state index in [0.717, 1.165) is 24.2 Å². The lowest BCUT2D eigenvalue weighted by molar-refractivity contribution is 0.254. The number of halogens is 2. The monoisotopic (exact) mass is 412 g/mol. The fourth-order valence-electron chi connectivity index (χ4n) is 2.99. The molecule has 27 heavy (non-hydrogen) atoms. The van der Waals surface area contributed by atoms with Gasteiger partial charge in [-0.15, -0.1) is 24.8 Å². The summed E-state index contributed by atoms with van der Waals surface area (Å²) in [7, 11) is 4.11. The number of anilines is 1. The summed E-state index contributed by atoms with van der Waals surface area (Å²) in [5.41, 5.74) is 2.46. The minimum atomic E-state index is -0.0360. The molecule has 148 valence electrons. The molecule has 1 aliphatic rings. The second kappa shape index (κ2) is 9.21. The maximum Gasteiger partial charge on any atom is 0.238 e. The Kier molecular flexibility index (Phi) is 7.83. The molecule has 3 heterocycles. The normalized spacial score (nSPS) is 14.0. The summed E-state index contributed by atoms with van der Waals surface area (Å²) in [6, 6.07) is 3.82. The number of imidazole rings is 1. The van der Waals surface area contributed by atoms with Crippen LogP contribution in [0.2, 0.25) is 0 Å². The van der Waals surface area contributed by atoms with Crippen LogP contribution >= 0.6 is 24.8 Å². The second-order valence-corrected chi connectivity index (χ2v) is 7.31. The zero-order chi connectivity index (χ0) is 18.0. The third-order valence-electron chi connectivity index (χ3n) is 3.91. The van der Waals surface area contributed by atoms with E-state index in [1.165, 1.54) is 0 Å². The van der Waals surface area contributed by atoms with E-state index in [1.54, 1.807) is 12.4 Å². The van der Waals surface area contributed by atoms with Gasteiger partial charge in [-0.3, -0.25) is 0 Å². The van der Waals surface area contributed by atoms with Gasteiger partial charge in [-0.25, -0.2) is 9.98 Å². The Hall–Kier alpha value is -2.09. The summed E-state index contributed by atoms with van der Waals surface area (Å²) in [6.45, 7) is 6.06. The fraction of sp³-hybridized carbons (Fsp3) is 0.389. The van der Waals surface area contributed by atoms with Gasteiger partial charge in [0.15, 0.2) is 5.82 Å². The van der Waals surface area contributed by atoms with Crippen molar-refractivity contribution in [3.05, 3.63) is 29.6 Å². The van der Waals surface area contributed by atoms with Crippen LogP contribution in [-0.4, -0.2) is 58.4 Å². The summed E-state index contributed by atoms with van der Waals surface area (Å²) in [5.74, 6) is 1.21. The summed E-state index contributed by atoms with van der Waals surface area (Å²) in [6.07, 6.45) is 5.28. The Balaban J connectivity index is 0.00000182. The lowest BCUT2D eigenvalue weighted by atomic mass is 9.93. The first-order valence-corrected chi connectivity index (χ1v) is 8.23. The molecule has 0 bridgehead atoms. The van der Waals surface area contributed by atoms with Crippen LogP contribution in [0.4, 0.5) is 11.8 Å².